The van der Waals surface area contributed by atoms with Crippen molar-refractivity contribution in [3.63, 3.8) is 0 Å². The van der Waals surface area contributed by atoms with E-state index in [1.165, 1.54) is 27.8 Å². The van der Waals surface area contributed by atoms with Crippen LogP contribution in [-0.2, 0) is 11.2 Å². The van der Waals surface area contributed by atoms with E-state index in [1.807, 2.05) is 4.90 Å². The average molecular weight is 304 g/mol. The van der Waals surface area contributed by atoms with Crippen LogP contribution in [-0.4, -0.2) is 16.3 Å². The lowest BCUT2D eigenvalue weighted by atomic mass is 10.0. The van der Waals surface area contributed by atoms with E-state index in [9.17, 15) is 4.79 Å². The molecule has 116 valence electrons. The molecule has 1 amide bonds. The van der Waals surface area contributed by atoms with Gasteiger partial charge >= 0.3 is 0 Å². The maximum atomic E-state index is 11.9. The maximum absolute atomic E-state index is 11.9. The molecule has 0 radical (unpaired) electrons. The fraction of sp³-hybridized carbons (Fsp3) is 0.250. The van der Waals surface area contributed by atoms with E-state index in [4.69, 9.17) is 0 Å². The first kappa shape index (κ1) is 14.1. The van der Waals surface area contributed by atoms with E-state index < -0.39 is 0 Å². The summed E-state index contributed by atoms with van der Waals surface area (Å²) >= 11 is 0. The molecular weight excluding hydrogens is 284 g/mol. The predicted molar refractivity (Wildman–Crippen MR) is 93.9 cm³/mol. The minimum Gasteiger partial charge on any atom is -0.323 e. The van der Waals surface area contributed by atoms with Crippen LogP contribution in [0.3, 0.4) is 0 Å². The van der Waals surface area contributed by atoms with Gasteiger partial charge in [-0.15, -0.1) is 0 Å². The van der Waals surface area contributed by atoms with Crippen molar-refractivity contribution in [1.29, 1.82) is 0 Å². The number of carbonyl (C=O) groups is 1. The Bertz CT molecular complexity index is 923. The molecule has 0 aliphatic carbocycles. The van der Waals surface area contributed by atoms with E-state index in [1.54, 1.807) is 6.92 Å². The van der Waals surface area contributed by atoms with Crippen LogP contribution in [0.5, 0.6) is 0 Å². The highest BCUT2D eigenvalue weighted by Crippen LogP contribution is 2.36. The highest BCUT2D eigenvalue weighted by molar-refractivity contribution is 5.95. The van der Waals surface area contributed by atoms with Crippen molar-refractivity contribution in [1.82, 2.24) is 4.40 Å². The zero-order valence-corrected chi connectivity index (χ0v) is 13.7. The molecule has 4 rings (SSSR count). The minimum atomic E-state index is 0.120. The molecule has 3 nitrogen and oxygen atoms in total. The maximum Gasteiger partial charge on any atom is 0.224 e. The monoisotopic (exact) mass is 304 g/mol. The summed E-state index contributed by atoms with van der Waals surface area (Å²) in [4.78, 5) is 13.8. The molecule has 1 aliphatic heterocycles. The Morgan fingerprint density at radius 2 is 2.00 bits per heavy atom. The number of nitrogens with zero attached hydrogens (tertiary/aromatic N) is 2. The van der Waals surface area contributed by atoms with E-state index >= 15 is 0 Å². The summed E-state index contributed by atoms with van der Waals surface area (Å²) in [6.07, 6.45) is 5.18. The molecule has 2 aromatic heterocycles. The first-order chi connectivity index (χ1) is 11.0. The van der Waals surface area contributed by atoms with E-state index in [-0.39, 0.29) is 11.9 Å². The van der Waals surface area contributed by atoms with E-state index in [0.717, 1.165) is 12.1 Å². The zero-order valence-electron chi connectivity index (χ0n) is 13.7. The lowest BCUT2D eigenvalue weighted by Crippen LogP contribution is -2.33. The van der Waals surface area contributed by atoms with Crippen LogP contribution in [0.25, 0.3) is 16.6 Å². The van der Waals surface area contributed by atoms with Crippen molar-refractivity contribution in [3.8, 4) is 11.1 Å². The predicted octanol–water partition coefficient (Wildman–Crippen LogP) is 4.21. The Labute approximate surface area is 136 Å². The molecule has 3 heteroatoms. The molecule has 3 aromatic rings. The van der Waals surface area contributed by atoms with Gasteiger partial charge in [0.05, 0.1) is 0 Å². The van der Waals surface area contributed by atoms with Crippen molar-refractivity contribution < 1.29 is 4.79 Å². The van der Waals surface area contributed by atoms with Gasteiger partial charge in [0.25, 0.3) is 0 Å². The molecule has 23 heavy (non-hydrogen) atoms. The van der Waals surface area contributed by atoms with Gasteiger partial charge in [-0.2, -0.15) is 0 Å². The number of aryl methyl sites for hydroxylation is 1. The van der Waals surface area contributed by atoms with Crippen molar-refractivity contribution in [2.75, 3.05) is 4.90 Å². The summed E-state index contributed by atoms with van der Waals surface area (Å²) in [6, 6.07) is 13.1. The molecule has 0 fully saturated rings. The number of anilines is 1. The summed E-state index contributed by atoms with van der Waals surface area (Å²) < 4.78 is 2.17. The number of benzene rings is 1. The van der Waals surface area contributed by atoms with E-state index in [2.05, 4.69) is 67.0 Å². The van der Waals surface area contributed by atoms with Gasteiger partial charge in [0.2, 0.25) is 5.91 Å². The minimum absolute atomic E-state index is 0.120. The third kappa shape index (κ3) is 2.15. The number of hydrogen-bond acceptors (Lipinski definition) is 1. The third-order valence-corrected chi connectivity index (χ3v) is 4.81. The molecule has 1 atom stereocenters. The topological polar surface area (TPSA) is 24.7 Å². The molecule has 0 saturated carbocycles. The third-order valence-electron chi connectivity index (χ3n) is 4.81. The van der Waals surface area contributed by atoms with Gasteiger partial charge in [-0.25, -0.2) is 0 Å². The van der Waals surface area contributed by atoms with Gasteiger partial charge in [0, 0.05) is 42.1 Å². The summed E-state index contributed by atoms with van der Waals surface area (Å²) in [7, 11) is 0. The quantitative estimate of drug-likeness (QED) is 0.661. The highest BCUT2D eigenvalue weighted by Gasteiger charge is 2.28. The number of amides is 1. The number of fused-ring (bicyclic) bond motifs is 2. The number of aromatic nitrogens is 1. The van der Waals surface area contributed by atoms with E-state index in [0.29, 0.717) is 0 Å². The number of carbonyl (C=O) groups excluding carboxylic acids is 1. The van der Waals surface area contributed by atoms with Crippen LogP contribution in [0.2, 0.25) is 0 Å². The normalized spacial score (nSPS) is 16.8. The van der Waals surface area contributed by atoms with Gasteiger partial charge in [0.15, 0.2) is 0 Å². The van der Waals surface area contributed by atoms with Gasteiger partial charge < -0.3 is 9.30 Å². The summed E-state index contributed by atoms with van der Waals surface area (Å²) in [5, 5.41) is 0. The molecular formula is C20H20N2O. The van der Waals surface area contributed by atoms with Gasteiger partial charge in [-0.3, -0.25) is 4.79 Å². The second kappa shape index (κ2) is 4.98. The Balaban J connectivity index is 1.80. The van der Waals surface area contributed by atoms with Crippen LogP contribution in [0.1, 0.15) is 25.0 Å². The van der Waals surface area contributed by atoms with Crippen molar-refractivity contribution >= 4 is 17.1 Å². The fourth-order valence-corrected chi connectivity index (χ4v) is 3.73. The van der Waals surface area contributed by atoms with Crippen LogP contribution in [0, 0.1) is 6.92 Å². The number of pyridine rings is 1. The van der Waals surface area contributed by atoms with Crippen LogP contribution in [0.4, 0.5) is 5.69 Å². The largest absolute Gasteiger partial charge is 0.323 e. The van der Waals surface area contributed by atoms with Gasteiger partial charge in [0.1, 0.15) is 0 Å². The zero-order chi connectivity index (χ0) is 16.1. The molecule has 1 aromatic carbocycles. The smallest absolute Gasteiger partial charge is 0.224 e. The van der Waals surface area contributed by atoms with Crippen molar-refractivity contribution in [2.24, 2.45) is 0 Å². The lowest BCUT2D eigenvalue weighted by molar-refractivity contribution is -0.116. The van der Waals surface area contributed by atoms with Gasteiger partial charge in [-0.1, -0.05) is 12.1 Å². The Morgan fingerprint density at radius 3 is 2.74 bits per heavy atom. The Hall–Kier alpha value is -2.55. The Kier molecular flexibility index (Phi) is 3.05. The lowest BCUT2D eigenvalue weighted by Gasteiger charge is -2.20. The summed E-state index contributed by atoms with van der Waals surface area (Å²) in [6.45, 7) is 5.88. The van der Waals surface area contributed by atoms with Crippen molar-refractivity contribution in [2.45, 2.75) is 33.2 Å². The molecule has 1 unspecified atom stereocenters. The molecule has 0 spiro atoms. The van der Waals surface area contributed by atoms with Crippen LogP contribution in [0.15, 0.2) is 48.8 Å². The second-order valence-corrected chi connectivity index (χ2v) is 6.50. The van der Waals surface area contributed by atoms with Crippen LogP contribution < -0.4 is 4.90 Å². The molecule has 1 aliphatic rings. The molecule has 3 heterocycles. The van der Waals surface area contributed by atoms with Crippen molar-refractivity contribution in [3.05, 3.63) is 59.9 Å². The first-order valence-corrected chi connectivity index (χ1v) is 8.05. The summed E-state index contributed by atoms with van der Waals surface area (Å²) in [5.41, 5.74) is 7.27. The molecule has 0 saturated heterocycles. The first-order valence-electron chi connectivity index (χ1n) is 8.05. The standard InChI is InChI=1S/C20H20N2O/c1-13-5-4-8-21-12-18(11-20(13)21)16-6-7-19-17(10-16)9-14(2)22(19)15(3)23/h4-8,10-12,14H,9H2,1-3H3. The van der Waals surface area contributed by atoms with Gasteiger partial charge in [-0.05, 0) is 61.2 Å². The van der Waals surface area contributed by atoms with Crippen LogP contribution >= 0.6 is 0 Å². The highest BCUT2D eigenvalue weighted by atomic mass is 16.2. The summed E-state index contributed by atoms with van der Waals surface area (Å²) in [5.74, 6) is 0.120. The average Bonchev–Trinajstić information content (AvgIpc) is 3.07. The number of rotatable bonds is 1. The Morgan fingerprint density at radius 1 is 1.17 bits per heavy atom. The number of hydrogen-bond donors (Lipinski definition) is 0. The SMILES string of the molecule is CC(=O)N1c2ccc(-c3cc4c(C)cccn4c3)cc2CC1C. The fourth-order valence-electron chi connectivity index (χ4n) is 3.73. The second-order valence-electron chi connectivity index (χ2n) is 6.50. The molecule has 0 N–H and O–H groups in total. The molecule has 0 bridgehead atoms.